The van der Waals surface area contributed by atoms with Crippen molar-refractivity contribution in [2.75, 3.05) is 7.05 Å². The normalized spacial score (nSPS) is 10.5. The number of carbonyl (C=O) groups excluding carboxylic acids is 1. The molecule has 7 nitrogen and oxygen atoms in total. The third kappa shape index (κ3) is 3.39. The Morgan fingerprint density at radius 1 is 1.17 bits per heavy atom. The topological polar surface area (TPSA) is 76.8 Å². The third-order valence-electron chi connectivity index (χ3n) is 3.32. The Labute approximate surface area is 133 Å². The summed E-state index contributed by atoms with van der Waals surface area (Å²) in [6.07, 6.45) is 8.35. The summed E-state index contributed by atoms with van der Waals surface area (Å²) in [5.41, 5.74) is 2.08. The molecule has 0 aliphatic carbocycles. The van der Waals surface area contributed by atoms with E-state index in [0.29, 0.717) is 23.6 Å². The molecule has 0 bridgehead atoms. The molecule has 0 unspecified atom stereocenters. The first-order valence-corrected chi connectivity index (χ1v) is 7.10. The molecular weight excluding hydrogens is 292 g/mol. The van der Waals surface area contributed by atoms with Crippen molar-refractivity contribution < 1.29 is 4.79 Å². The molecule has 0 saturated heterocycles. The van der Waals surface area contributed by atoms with Crippen molar-refractivity contribution >= 4 is 5.91 Å². The molecule has 0 fully saturated rings. The van der Waals surface area contributed by atoms with Crippen LogP contribution in [0.15, 0.2) is 49.2 Å². The number of nitrogens with zero attached hydrogens (tertiary/aromatic N) is 6. The average molecular weight is 308 g/mol. The minimum absolute atomic E-state index is 0.138. The molecule has 23 heavy (non-hydrogen) atoms. The highest BCUT2D eigenvalue weighted by atomic mass is 16.2. The molecule has 116 valence electrons. The van der Waals surface area contributed by atoms with Crippen LogP contribution >= 0.6 is 0 Å². The van der Waals surface area contributed by atoms with E-state index in [4.69, 9.17) is 0 Å². The van der Waals surface area contributed by atoms with Crippen LogP contribution in [0.4, 0.5) is 0 Å². The van der Waals surface area contributed by atoms with Crippen LogP contribution in [-0.2, 0) is 13.6 Å². The fourth-order valence-electron chi connectivity index (χ4n) is 2.19. The van der Waals surface area contributed by atoms with E-state index in [0.717, 1.165) is 5.56 Å². The van der Waals surface area contributed by atoms with Gasteiger partial charge in [-0.2, -0.15) is 5.10 Å². The molecule has 0 aliphatic heterocycles. The van der Waals surface area contributed by atoms with Gasteiger partial charge < -0.3 is 4.90 Å². The average Bonchev–Trinajstić information content (AvgIpc) is 3.00. The molecule has 0 aromatic carbocycles. The van der Waals surface area contributed by atoms with Gasteiger partial charge in [-0.05, 0) is 12.1 Å². The second-order valence-electron chi connectivity index (χ2n) is 5.19. The summed E-state index contributed by atoms with van der Waals surface area (Å²) in [6.45, 7) is 0.481. The van der Waals surface area contributed by atoms with Crippen LogP contribution in [0.3, 0.4) is 0 Å². The Morgan fingerprint density at radius 3 is 2.57 bits per heavy atom. The number of pyridine rings is 1. The van der Waals surface area contributed by atoms with Crippen LogP contribution in [0.1, 0.15) is 15.9 Å². The van der Waals surface area contributed by atoms with E-state index in [1.165, 1.54) is 12.4 Å². The van der Waals surface area contributed by atoms with E-state index < -0.39 is 0 Å². The first-order chi connectivity index (χ1) is 11.1. The smallest absolute Gasteiger partial charge is 0.257 e. The number of aromatic nitrogens is 5. The summed E-state index contributed by atoms with van der Waals surface area (Å²) in [5.74, 6) is 0.360. The van der Waals surface area contributed by atoms with Crippen LogP contribution in [0, 0.1) is 0 Å². The van der Waals surface area contributed by atoms with Gasteiger partial charge in [0.1, 0.15) is 5.69 Å². The van der Waals surface area contributed by atoms with Crippen LogP contribution in [-0.4, -0.2) is 42.6 Å². The summed E-state index contributed by atoms with van der Waals surface area (Å²) >= 11 is 0. The Kier molecular flexibility index (Phi) is 4.09. The highest BCUT2D eigenvalue weighted by Crippen LogP contribution is 2.12. The van der Waals surface area contributed by atoms with E-state index in [1.807, 2.05) is 31.4 Å². The SMILES string of the molecule is CN(Cc1cnn(C)c1)C(=O)c1cnc(-c2ccccn2)nc1. The van der Waals surface area contributed by atoms with E-state index >= 15 is 0 Å². The Hall–Kier alpha value is -3.09. The first kappa shape index (κ1) is 14.8. The second kappa shape index (κ2) is 6.35. The van der Waals surface area contributed by atoms with E-state index in [9.17, 15) is 4.79 Å². The minimum atomic E-state index is -0.138. The van der Waals surface area contributed by atoms with Crippen molar-refractivity contribution in [3.05, 3.63) is 60.3 Å². The molecule has 0 saturated carbocycles. The molecule has 3 rings (SSSR count). The number of aryl methyl sites for hydroxylation is 1. The van der Waals surface area contributed by atoms with Gasteiger partial charge in [-0.1, -0.05) is 6.07 Å². The summed E-state index contributed by atoms with van der Waals surface area (Å²) in [6, 6.07) is 5.52. The first-order valence-electron chi connectivity index (χ1n) is 7.10. The van der Waals surface area contributed by atoms with Gasteiger partial charge in [-0.25, -0.2) is 9.97 Å². The van der Waals surface area contributed by atoms with Gasteiger partial charge in [0.15, 0.2) is 5.82 Å². The zero-order valence-corrected chi connectivity index (χ0v) is 12.9. The zero-order valence-electron chi connectivity index (χ0n) is 12.9. The molecule has 3 heterocycles. The monoisotopic (exact) mass is 308 g/mol. The van der Waals surface area contributed by atoms with E-state index in [-0.39, 0.29) is 5.91 Å². The Morgan fingerprint density at radius 2 is 1.96 bits per heavy atom. The summed E-state index contributed by atoms with van der Waals surface area (Å²) in [5, 5.41) is 4.09. The summed E-state index contributed by atoms with van der Waals surface area (Å²) < 4.78 is 1.71. The van der Waals surface area contributed by atoms with Crippen molar-refractivity contribution in [1.82, 2.24) is 29.6 Å². The van der Waals surface area contributed by atoms with Gasteiger partial charge in [0.25, 0.3) is 5.91 Å². The highest BCUT2D eigenvalue weighted by molar-refractivity contribution is 5.93. The maximum absolute atomic E-state index is 12.4. The number of amides is 1. The lowest BCUT2D eigenvalue weighted by Crippen LogP contribution is -2.26. The van der Waals surface area contributed by atoms with Crippen molar-refractivity contribution in [3.8, 4) is 11.5 Å². The molecule has 1 amide bonds. The Balaban J connectivity index is 1.72. The zero-order chi connectivity index (χ0) is 16.2. The van der Waals surface area contributed by atoms with Crippen LogP contribution in [0.25, 0.3) is 11.5 Å². The van der Waals surface area contributed by atoms with Gasteiger partial charge in [0, 0.05) is 51.0 Å². The fraction of sp³-hybridized carbons (Fsp3) is 0.188. The van der Waals surface area contributed by atoms with Gasteiger partial charge in [0.2, 0.25) is 0 Å². The lowest BCUT2D eigenvalue weighted by Gasteiger charge is -2.15. The van der Waals surface area contributed by atoms with Crippen molar-refractivity contribution in [3.63, 3.8) is 0 Å². The van der Waals surface area contributed by atoms with Gasteiger partial charge in [-0.15, -0.1) is 0 Å². The van der Waals surface area contributed by atoms with Crippen molar-refractivity contribution in [1.29, 1.82) is 0 Å². The van der Waals surface area contributed by atoms with E-state index in [2.05, 4.69) is 20.1 Å². The molecular formula is C16H16N6O. The maximum atomic E-state index is 12.4. The number of rotatable bonds is 4. The van der Waals surface area contributed by atoms with E-state index in [1.54, 1.807) is 29.0 Å². The van der Waals surface area contributed by atoms with Crippen LogP contribution < -0.4 is 0 Å². The molecule has 0 radical (unpaired) electrons. The van der Waals surface area contributed by atoms with Gasteiger partial charge in [-0.3, -0.25) is 14.5 Å². The predicted molar refractivity (Wildman–Crippen MR) is 84.3 cm³/mol. The third-order valence-corrected chi connectivity index (χ3v) is 3.32. The number of carbonyl (C=O) groups is 1. The molecule has 0 spiro atoms. The fourth-order valence-corrected chi connectivity index (χ4v) is 2.19. The maximum Gasteiger partial charge on any atom is 0.257 e. The largest absolute Gasteiger partial charge is 0.337 e. The number of hydrogen-bond donors (Lipinski definition) is 0. The second-order valence-corrected chi connectivity index (χ2v) is 5.19. The molecule has 0 N–H and O–H groups in total. The molecule has 0 atom stereocenters. The minimum Gasteiger partial charge on any atom is -0.337 e. The quantitative estimate of drug-likeness (QED) is 0.731. The number of hydrogen-bond acceptors (Lipinski definition) is 5. The molecule has 3 aromatic rings. The van der Waals surface area contributed by atoms with Crippen LogP contribution in [0.2, 0.25) is 0 Å². The molecule has 0 aliphatic rings. The van der Waals surface area contributed by atoms with Gasteiger partial charge >= 0.3 is 0 Å². The molecule has 7 heteroatoms. The van der Waals surface area contributed by atoms with Crippen molar-refractivity contribution in [2.45, 2.75) is 6.54 Å². The highest BCUT2D eigenvalue weighted by Gasteiger charge is 2.14. The molecule has 3 aromatic heterocycles. The Bertz CT molecular complexity index is 797. The van der Waals surface area contributed by atoms with Crippen LogP contribution in [0.5, 0.6) is 0 Å². The summed E-state index contributed by atoms with van der Waals surface area (Å²) in [4.78, 5) is 26.7. The standard InChI is InChI=1S/C16H16N6O/c1-21(10-12-7-20-22(2)11-12)16(23)13-8-18-15(19-9-13)14-5-3-4-6-17-14/h3-9,11H,10H2,1-2H3. The lowest BCUT2D eigenvalue weighted by atomic mass is 10.2. The predicted octanol–water partition coefficient (Wildman–Crippen LogP) is 1.54. The van der Waals surface area contributed by atoms with Gasteiger partial charge in [0.05, 0.1) is 11.8 Å². The summed E-state index contributed by atoms with van der Waals surface area (Å²) in [7, 11) is 3.58. The van der Waals surface area contributed by atoms with Crippen molar-refractivity contribution in [2.24, 2.45) is 7.05 Å². The lowest BCUT2D eigenvalue weighted by molar-refractivity contribution is 0.0784.